The van der Waals surface area contributed by atoms with Crippen molar-refractivity contribution < 1.29 is 9.90 Å². The molecule has 0 heterocycles. The van der Waals surface area contributed by atoms with Crippen molar-refractivity contribution in [3.8, 4) is 0 Å². The van der Waals surface area contributed by atoms with E-state index < -0.39 is 11.5 Å². The summed E-state index contributed by atoms with van der Waals surface area (Å²) in [6, 6.07) is 13.3. The Morgan fingerprint density at radius 1 is 1.19 bits per heavy atom. The number of benzene rings is 2. The zero-order valence-corrected chi connectivity index (χ0v) is 13.9. The SMILES string of the molecule is Cc1ccc(C(C)(Nc2ccccc2Br)C(=O)O)c(C)c1. The van der Waals surface area contributed by atoms with E-state index in [-0.39, 0.29) is 0 Å². The van der Waals surface area contributed by atoms with E-state index >= 15 is 0 Å². The van der Waals surface area contributed by atoms with Crippen LogP contribution in [-0.4, -0.2) is 11.1 Å². The quantitative estimate of drug-likeness (QED) is 0.857. The Morgan fingerprint density at radius 2 is 1.86 bits per heavy atom. The van der Waals surface area contributed by atoms with Gasteiger partial charge in [-0.15, -0.1) is 0 Å². The second-order valence-corrected chi connectivity index (χ2v) is 6.21. The highest BCUT2D eigenvalue weighted by atomic mass is 79.9. The van der Waals surface area contributed by atoms with Crippen molar-refractivity contribution in [1.29, 1.82) is 0 Å². The van der Waals surface area contributed by atoms with Gasteiger partial charge in [0.05, 0.1) is 0 Å². The van der Waals surface area contributed by atoms with Crippen molar-refractivity contribution in [1.82, 2.24) is 0 Å². The lowest BCUT2D eigenvalue weighted by Gasteiger charge is -2.30. The number of carboxylic acid groups (broad SMARTS) is 1. The third kappa shape index (κ3) is 3.10. The normalized spacial score (nSPS) is 13.5. The molecule has 1 atom stereocenters. The zero-order valence-electron chi connectivity index (χ0n) is 12.3. The summed E-state index contributed by atoms with van der Waals surface area (Å²) >= 11 is 3.45. The summed E-state index contributed by atoms with van der Waals surface area (Å²) in [5.74, 6) is -0.912. The van der Waals surface area contributed by atoms with E-state index in [1.807, 2.05) is 56.3 Å². The fourth-order valence-electron chi connectivity index (χ4n) is 2.44. The van der Waals surface area contributed by atoms with Crippen molar-refractivity contribution >= 4 is 27.6 Å². The standard InChI is InChI=1S/C17H18BrNO2/c1-11-8-9-13(12(2)10-11)17(3,16(20)21)19-15-7-5-4-6-14(15)18/h4-10,19H,1-3H3,(H,20,21). The number of hydrogen-bond acceptors (Lipinski definition) is 2. The smallest absolute Gasteiger partial charge is 0.333 e. The van der Waals surface area contributed by atoms with E-state index in [0.717, 1.165) is 26.9 Å². The molecule has 2 N–H and O–H groups in total. The predicted octanol–water partition coefficient (Wildman–Crippen LogP) is 4.48. The highest BCUT2D eigenvalue weighted by Crippen LogP contribution is 2.32. The van der Waals surface area contributed by atoms with Gasteiger partial charge in [-0.2, -0.15) is 0 Å². The lowest BCUT2D eigenvalue weighted by molar-refractivity contribution is -0.142. The predicted molar refractivity (Wildman–Crippen MR) is 88.7 cm³/mol. The number of rotatable bonds is 4. The van der Waals surface area contributed by atoms with Crippen LogP contribution >= 0.6 is 15.9 Å². The molecule has 2 aromatic carbocycles. The lowest BCUT2D eigenvalue weighted by Crippen LogP contribution is -2.41. The van der Waals surface area contributed by atoms with Crippen LogP contribution in [0.25, 0.3) is 0 Å². The average Bonchev–Trinajstić information content (AvgIpc) is 2.41. The Balaban J connectivity index is 2.51. The first-order valence-corrected chi connectivity index (χ1v) is 7.48. The molecule has 0 radical (unpaired) electrons. The molecular weight excluding hydrogens is 330 g/mol. The van der Waals surface area contributed by atoms with Crippen LogP contribution < -0.4 is 5.32 Å². The maximum absolute atomic E-state index is 11.9. The van der Waals surface area contributed by atoms with Crippen molar-refractivity contribution in [2.45, 2.75) is 26.3 Å². The molecule has 0 aliphatic carbocycles. The van der Waals surface area contributed by atoms with Crippen LogP contribution in [0.4, 0.5) is 5.69 Å². The van der Waals surface area contributed by atoms with E-state index in [1.54, 1.807) is 6.92 Å². The van der Waals surface area contributed by atoms with Crippen molar-refractivity contribution in [3.63, 3.8) is 0 Å². The zero-order chi connectivity index (χ0) is 15.6. The second kappa shape index (κ2) is 5.90. The van der Waals surface area contributed by atoms with Gasteiger partial charge >= 0.3 is 5.97 Å². The van der Waals surface area contributed by atoms with E-state index in [4.69, 9.17) is 0 Å². The number of anilines is 1. The summed E-state index contributed by atoms with van der Waals surface area (Å²) in [5, 5.41) is 12.9. The number of halogens is 1. The molecule has 0 amide bonds. The molecule has 2 rings (SSSR count). The topological polar surface area (TPSA) is 49.3 Å². The van der Waals surface area contributed by atoms with Crippen LogP contribution in [0.3, 0.4) is 0 Å². The monoisotopic (exact) mass is 347 g/mol. The molecule has 0 fully saturated rings. The van der Waals surface area contributed by atoms with Crippen LogP contribution in [0.15, 0.2) is 46.9 Å². The molecule has 21 heavy (non-hydrogen) atoms. The molecule has 3 nitrogen and oxygen atoms in total. The number of hydrogen-bond donors (Lipinski definition) is 2. The average molecular weight is 348 g/mol. The van der Waals surface area contributed by atoms with Crippen LogP contribution in [0.1, 0.15) is 23.6 Å². The van der Waals surface area contributed by atoms with Gasteiger partial charge in [-0.3, -0.25) is 0 Å². The third-order valence-electron chi connectivity index (χ3n) is 3.61. The fourth-order valence-corrected chi connectivity index (χ4v) is 2.83. The number of aryl methyl sites for hydroxylation is 2. The Kier molecular flexibility index (Phi) is 4.37. The molecule has 2 aromatic rings. The third-order valence-corrected chi connectivity index (χ3v) is 4.30. The highest BCUT2D eigenvalue weighted by molar-refractivity contribution is 9.10. The van der Waals surface area contributed by atoms with E-state index in [9.17, 15) is 9.90 Å². The summed E-state index contributed by atoms with van der Waals surface area (Å²) in [5.41, 5.74) is 2.39. The number of nitrogens with one attached hydrogen (secondary N) is 1. The van der Waals surface area contributed by atoms with Gasteiger partial charge in [-0.05, 0) is 60.0 Å². The lowest BCUT2D eigenvalue weighted by atomic mass is 9.87. The first kappa shape index (κ1) is 15.6. The van der Waals surface area contributed by atoms with Gasteiger partial charge < -0.3 is 10.4 Å². The number of carboxylic acids is 1. The molecule has 0 saturated carbocycles. The maximum Gasteiger partial charge on any atom is 0.333 e. The van der Waals surface area contributed by atoms with Crippen LogP contribution in [-0.2, 0) is 10.3 Å². The Bertz CT molecular complexity index is 684. The number of carbonyl (C=O) groups is 1. The highest BCUT2D eigenvalue weighted by Gasteiger charge is 2.36. The molecule has 4 heteroatoms. The van der Waals surface area contributed by atoms with Crippen LogP contribution in [0.2, 0.25) is 0 Å². The maximum atomic E-state index is 11.9. The molecule has 0 aromatic heterocycles. The van der Waals surface area contributed by atoms with Gasteiger partial charge in [0.15, 0.2) is 5.54 Å². The molecule has 0 aliphatic rings. The summed E-state index contributed by atoms with van der Waals surface area (Å²) in [4.78, 5) is 11.9. The van der Waals surface area contributed by atoms with Crippen molar-refractivity contribution in [2.24, 2.45) is 0 Å². The summed E-state index contributed by atoms with van der Waals surface area (Å²) in [6.07, 6.45) is 0. The summed E-state index contributed by atoms with van der Waals surface area (Å²) in [6.45, 7) is 5.62. The largest absolute Gasteiger partial charge is 0.479 e. The fraction of sp³-hybridized carbons (Fsp3) is 0.235. The minimum absolute atomic E-state index is 0.752. The van der Waals surface area contributed by atoms with Crippen molar-refractivity contribution in [3.05, 3.63) is 63.6 Å². The van der Waals surface area contributed by atoms with Crippen LogP contribution in [0.5, 0.6) is 0 Å². The number of para-hydroxylation sites is 1. The van der Waals surface area contributed by atoms with E-state index in [2.05, 4.69) is 21.2 Å². The Morgan fingerprint density at radius 3 is 2.43 bits per heavy atom. The Labute approximate surface area is 133 Å². The van der Waals surface area contributed by atoms with Gasteiger partial charge in [-0.25, -0.2) is 4.79 Å². The van der Waals surface area contributed by atoms with Gasteiger partial charge in [-0.1, -0.05) is 35.9 Å². The summed E-state index contributed by atoms with van der Waals surface area (Å²) in [7, 11) is 0. The Hall–Kier alpha value is -1.81. The van der Waals surface area contributed by atoms with E-state index in [1.165, 1.54) is 0 Å². The molecule has 110 valence electrons. The minimum Gasteiger partial charge on any atom is -0.479 e. The van der Waals surface area contributed by atoms with Crippen LogP contribution in [0, 0.1) is 13.8 Å². The molecule has 0 bridgehead atoms. The number of aliphatic carboxylic acids is 1. The molecule has 1 unspecified atom stereocenters. The summed E-state index contributed by atoms with van der Waals surface area (Å²) < 4.78 is 0.835. The van der Waals surface area contributed by atoms with Gasteiger partial charge in [0.25, 0.3) is 0 Å². The minimum atomic E-state index is -1.19. The van der Waals surface area contributed by atoms with E-state index in [0.29, 0.717) is 0 Å². The second-order valence-electron chi connectivity index (χ2n) is 5.35. The molecule has 0 saturated heterocycles. The first-order valence-electron chi connectivity index (χ1n) is 6.68. The molecular formula is C17H18BrNO2. The van der Waals surface area contributed by atoms with Gasteiger partial charge in [0.1, 0.15) is 0 Å². The molecule has 0 spiro atoms. The van der Waals surface area contributed by atoms with Crippen molar-refractivity contribution in [2.75, 3.05) is 5.32 Å². The molecule has 0 aliphatic heterocycles. The van der Waals surface area contributed by atoms with Gasteiger partial charge in [0, 0.05) is 10.2 Å². The first-order chi connectivity index (χ1) is 9.84. The van der Waals surface area contributed by atoms with Gasteiger partial charge in [0.2, 0.25) is 0 Å².